The Hall–Kier alpha value is -3.19. The molecule has 3 heterocycles. The van der Waals surface area contributed by atoms with Gasteiger partial charge in [0.05, 0.1) is 41.9 Å². The highest BCUT2D eigenvalue weighted by molar-refractivity contribution is 6.31. The van der Waals surface area contributed by atoms with Crippen LogP contribution in [0.2, 0.25) is 10.2 Å². The van der Waals surface area contributed by atoms with Crippen LogP contribution < -0.4 is 20.7 Å². The zero-order valence-corrected chi connectivity index (χ0v) is 21.5. The number of halogens is 2. The zero-order valence-electron chi connectivity index (χ0n) is 20.0. The summed E-state index contributed by atoms with van der Waals surface area (Å²) < 4.78 is 17.7. The van der Waals surface area contributed by atoms with Crippen molar-refractivity contribution in [2.75, 3.05) is 44.1 Å². The molecule has 0 saturated carbocycles. The first-order valence-electron chi connectivity index (χ1n) is 11.1. The van der Waals surface area contributed by atoms with E-state index in [0.717, 1.165) is 0 Å². The van der Waals surface area contributed by atoms with E-state index in [1.165, 1.54) is 30.1 Å². The molecule has 3 amide bonds. The van der Waals surface area contributed by atoms with Crippen LogP contribution in [-0.2, 0) is 14.3 Å². The molecule has 0 fully saturated rings. The summed E-state index contributed by atoms with van der Waals surface area (Å²) >= 11 is 12.1. The molecule has 36 heavy (non-hydrogen) atoms. The average molecular weight is 540 g/mol. The molecule has 0 radical (unpaired) electrons. The van der Waals surface area contributed by atoms with E-state index in [0.29, 0.717) is 35.3 Å². The van der Waals surface area contributed by atoms with Crippen molar-refractivity contribution in [1.82, 2.24) is 24.9 Å². The summed E-state index contributed by atoms with van der Waals surface area (Å²) in [6.45, 7) is 4.94. The number of aromatic nitrogens is 4. The fraction of sp³-hybridized carbons (Fsp3) is 0.409. The van der Waals surface area contributed by atoms with Gasteiger partial charge in [-0.1, -0.05) is 23.2 Å². The van der Waals surface area contributed by atoms with Gasteiger partial charge >= 0.3 is 6.03 Å². The molecule has 3 rings (SSSR count). The third-order valence-electron chi connectivity index (χ3n) is 4.88. The number of carbonyl (C=O) groups excluding carboxylic acids is 2. The number of pyridine rings is 1. The molecule has 1 atom stereocenters. The summed E-state index contributed by atoms with van der Waals surface area (Å²) in [6.07, 6.45) is 2.70. The predicted molar refractivity (Wildman–Crippen MR) is 135 cm³/mol. The van der Waals surface area contributed by atoms with Crippen LogP contribution in [0.15, 0.2) is 24.5 Å². The molecule has 14 heteroatoms. The molecule has 0 aliphatic rings. The third kappa shape index (κ3) is 7.40. The maximum Gasteiger partial charge on any atom is 0.323 e. The number of amides is 3. The molecule has 3 aromatic rings. The summed E-state index contributed by atoms with van der Waals surface area (Å²) in [5.74, 6) is -0.0185. The first kappa shape index (κ1) is 27.4. The van der Waals surface area contributed by atoms with Crippen LogP contribution in [0.4, 0.5) is 16.2 Å². The maximum absolute atomic E-state index is 12.9. The molecular weight excluding hydrogens is 513 g/mol. The van der Waals surface area contributed by atoms with Crippen LogP contribution in [-0.4, -0.2) is 65.0 Å². The van der Waals surface area contributed by atoms with Crippen molar-refractivity contribution in [2.24, 2.45) is 0 Å². The van der Waals surface area contributed by atoms with Crippen molar-refractivity contribution in [3.05, 3.63) is 40.4 Å². The number of anilines is 2. The number of rotatable bonds is 12. The molecule has 0 spiro atoms. The van der Waals surface area contributed by atoms with Crippen LogP contribution >= 0.6 is 23.2 Å². The number of carbonyl (C=O) groups is 2. The average Bonchev–Trinajstić information content (AvgIpc) is 3.22. The number of hydrogen-bond donors (Lipinski definition) is 3. The molecule has 0 bridgehead atoms. The number of urea groups is 1. The molecule has 0 saturated heterocycles. The number of fused-ring (bicyclic) bond motifs is 1. The highest BCUT2D eigenvalue weighted by atomic mass is 35.5. The zero-order chi connectivity index (χ0) is 26.1. The Bertz CT molecular complexity index is 1210. The summed E-state index contributed by atoms with van der Waals surface area (Å²) in [7, 11) is 1.54. The van der Waals surface area contributed by atoms with E-state index in [2.05, 4.69) is 31.0 Å². The SMILES string of the molecule is CCOCCC(=O)NCCOc1ncc(Cl)cc1NC(=O)Nc1cnc2cc(Cl)nn2c1[C@H](C)OC. The Morgan fingerprint density at radius 2 is 1.89 bits per heavy atom. The highest BCUT2D eigenvalue weighted by Gasteiger charge is 2.20. The van der Waals surface area contributed by atoms with Crippen molar-refractivity contribution < 1.29 is 23.8 Å². The Morgan fingerprint density at radius 1 is 1.11 bits per heavy atom. The van der Waals surface area contributed by atoms with Crippen LogP contribution in [0.25, 0.3) is 5.65 Å². The first-order chi connectivity index (χ1) is 17.3. The van der Waals surface area contributed by atoms with Gasteiger partial charge in [-0.2, -0.15) is 5.10 Å². The second kappa shape index (κ2) is 13.2. The predicted octanol–water partition coefficient (Wildman–Crippen LogP) is 3.70. The first-order valence-corrected chi connectivity index (χ1v) is 11.9. The van der Waals surface area contributed by atoms with E-state index in [9.17, 15) is 9.59 Å². The Balaban J connectivity index is 1.66. The fourth-order valence-electron chi connectivity index (χ4n) is 3.17. The molecule has 0 aromatic carbocycles. The summed E-state index contributed by atoms with van der Waals surface area (Å²) in [5.41, 5.74) is 1.65. The summed E-state index contributed by atoms with van der Waals surface area (Å²) in [5, 5.41) is 12.9. The van der Waals surface area contributed by atoms with Gasteiger partial charge in [0.2, 0.25) is 11.8 Å². The topological polar surface area (TPSA) is 141 Å². The van der Waals surface area contributed by atoms with Gasteiger partial charge in [-0.3, -0.25) is 4.79 Å². The lowest BCUT2D eigenvalue weighted by atomic mass is 10.2. The van der Waals surface area contributed by atoms with Crippen molar-refractivity contribution >= 4 is 52.2 Å². The van der Waals surface area contributed by atoms with Gasteiger partial charge < -0.3 is 30.2 Å². The lowest BCUT2D eigenvalue weighted by molar-refractivity contribution is -0.122. The molecule has 194 valence electrons. The van der Waals surface area contributed by atoms with Gasteiger partial charge in [-0.05, 0) is 19.9 Å². The molecular formula is C22H27Cl2N7O5. The van der Waals surface area contributed by atoms with Gasteiger partial charge in [0.1, 0.15) is 12.3 Å². The summed E-state index contributed by atoms with van der Waals surface area (Å²) in [6, 6.07) is 2.49. The minimum Gasteiger partial charge on any atom is -0.474 e. The fourth-order valence-corrected chi connectivity index (χ4v) is 3.50. The number of methoxy groups -OCH3 is 1. The Labute approximate surface area is 217 Å². The molecule has 12 nitrogen and oxygen atoms in total. The van der Waals surface area contributed by atoms with Crippen molar-refractivity contribution in [1.29, 1.82) is 0 Å². The van der Waals surface area contributed by atoms with E-state index in [4.69, 9.17) is 37.4 Å². The smallest absolute Gasteiger partial charge is 0.323 e. The van der Waals surface area contributed by atoms with Crippen LogP contribution in [0.5, 0.6) is 5.88 Å². The molecule has 0 aliphatic heterocycles. The number of nitrogens with zero attached hydrogens (tertiary/aromatic N) is 4. The van der Waals surface area contributed by atoms with Crippen molar-refractivity contribution in [2.45, 2.75) is 26.4 Å². The highest BCUT2D eigenvalue weighted by Crippen LogP contribution is 2.28. The minimum atomic E-state index is -0.600. The summed E-state index contributed by atoms with van der Waals surface area (Å²) in [4.78, 5) is 33.0. The number of ether oxygens (including phenoxy) is 3. The van der Waals surface area contributed by atoms with Crippen molar-refractivity contribution in [3.63, 3.8) is 0 Å². The lowest BCUT2D eigenvalue weighted by Crippen LogP contribution is -2.29. The number of hydrogen-bond acceptors (Lipinski definition) is 8. The van der Waals surface area contributed by atoms with E-state index >= 15 is 0 Å². The van der Waals surface area contributed by atoms with E-state index in [1.54, 1.807) is 13.0 Å². The molecule has 3 N–H and O–H groups in total. The van der Waals surface area contributed by atoms with Crippen LogP contribution in [0.3, 0.4) is 0 Å². The largest absolute Gasteiger partial charge is 0.474 e. The molecule has 0 aliphatic carbocycles. The van der Waals surface area contributed by atoms with E-state index in [1.807, 2.05) is 6.92 Å². The second-order valence-electron chi connectivity index (χ2n) is 7.40. The quantitative estimate of drug-likeness (QED) is 0.296. The van der Waals surface area contributed by atoms with Crippen molar-refractivity contribution in [3.8, 4) is 5.88 Å². The van der Waals surface area contributed by atoms with E-state index in [-0.39, 0.29) is 42.2 Å². The number of nitrogens with one attached hydrogen (secondary N) is 3. The lowest BCUT2D eigenvalue weighted by Gasteiger charge is -2.17. The molecule has 0 unspecified atom stereocenters. The molecule has 3 aromatic heterocycles. The standard InChI is InChI=1S/C22H27Cl2N7O5/c1-4-35-7-5-19(32)25-6-8-36-21-15(9-14(23)11-27-21)28-22(33)29-16-12-26-18-10-17(24)30-31(18)20(16)13(2)34-3/h9-13H,4-8H2,1-3H3,(H,25,32)(H2,28,29,33)/t13-/m0/s1. The monoisotopic (exact) mass is 539 g/mol. The van der Waals surface area contributed by atoms with Gasteiger partial charge in [0, 0.05) is 32.4 Å². The van der Waals surface area contributed by atoms with Gasteiger partial charge in [0.15, 0.2) is 10.8 Å². The third-order valence-corrected chi connectivity index (χ3v) is 5.28. The van der Waals surface area contributed by atoms with Crippen LogP contribution in [0, 0.1) is 0 Å². The van der Waals surface area contributed by atoms with Gasteiger partial charge in [-0.25, -0.2) is 19.3 Å². The van der Waals surface area contributed by atoms with Gasteiger partial charge in [0.25, 0.3) is 0 Å². The minimum absolute atomic E-state index is 0.126. The maximum atomic E-state index is 12.9. The van der Waals surface area contributed by atoms with Crippen LogP contribution in [0.1, 0.15) is 32.1 Å². The Morgan fingerprint density at radius 3 is 2.64 bits per heavy atom. The Kier molecular flexibility index (Phi) is 10.1. The normalized spacial score (nSPS) is 11.8. The van der Waals surface area contributed by atoms with E-state index < -0.39 is 12.1 Å². The second-order valence-corrected chi connectivity index (χ2v) is 8.23. The van der Waals surface area contributed by atoms with Gasteiger partial charge in [-0.15, -0.1) is 0 Å².